The highest BCUT2D eigenvalue weighted by atomic mass is 32.2. The number of nitro benzene ring substituents is 1. The molecule has 0 unspecified atom stereocenters. The second-order valence-corrected chi connectivity index (χ2v) is 5.30. The first-order chi connectivity index (χ1) is 7.38. The molecule has 0 aliphatic heterocycles. The minimum atomic E-state index is -3.54. The van der Waals surface area contributed by atoms with E-state index in [9.17, 15) is 22.9 Å². The summed E-state index contributed by atoms with van der Waals surface area (Å²) in [6, 6.07) is 2.59. The Kier molecular flexibility index (Phi) is 3.58. The van der Waals surface area contributed by atoms with Crippen LogP contribution in [0.1, 0.15) is 13.3 Å². The van der Waals surface area contributed by atoms with Crippen molar-refractivity contribution in [2.75, 3.05) is 5.75 Å². The van der Waals surface area contributed by atoms with Crippen molar-refractivity contribution in [3.05, 3.63) is 34.1 Å². The van der Waals surface area contributed by atoms with Gasteiger partial charge in [-0.1, -0.05) is 6.92 Å². The van der Waals surface area contributed by atoms with Gasteiger partial charge in [-0.3, -0.25) is 10.1 Å². The van der Waals surface area contributed by atoms with Crippen LogP contribution in [0.3, 0.4) is 0 Å². The summed E-state index contributed by atoms with van der Waals surface area (Å²) in [6.07, 6.45) is 0.404. The van der Waals surface area contributed by atoms with Crippen molar-refractivity contribution >= 4 is 15.5 Å². The van der Waals surface area contributed by atoms with E-state index in [2.05, 4.69) is 0 Å². The van der Waals surface area contributed by atoms with Gasteiger partial charge in [-0.05, 0) is 18.6 Å². The van der Waals surface area contributed by atoms with E-state index in [0.29, 0.717) is 12.5 Å². The number of sulfone groups is 1. The van der Waals surface area contributed by atoms with E-state index in [4.69, 9.17) is 0 Å². The highest BCUT2D eigenvalue weighted by molar-refractivity contribution is 7.91. The van der Waals surface area contributed by atoms with E-state index in [1.807, 2.05) is 0 Å². The number of hydrogen-bond donors (Lipinski definition) is 0. The molecule has 88 valence electrons. The molecule has 1 aromatic carbocycles. The van der Waals surface area contributed by atoms with Crippen LogP contribution in [0.15, 0.2) is 23.1 Å². The van der Waals surface area contributed by atoms with Gasteiger partial charge >= 0.3 is 5.69 Å². The van der Waals surface area contributed by atoms with Gasteiger partial charge in [0.05, 0.1) is 15.6 Å². The average molecular weight is 247 g/mol. The Labute approximate surface area is 92.0 Å². The van der Waals surface area contributed by atoms with Crippen molar-refractivity contribution in [1.82, 2.24) is 0 Å². The first-order valence-corrected chi connectivity index (χ1v) is 6.20. The SMILES string of the molecule is CCCS(=O)(=O)c1ccc([N+](=O)[O-])c(F)c1. The summed E-state index contributed by atoms with van der Waals surface area (Å²) in [4.78, 5) is 9.20. The zero-order chi connectivity index (χ0) is 12.3. The van der Waals surface area contributed by atoms with Crippen LogP contribution < -0.4 is 0 Å². The maximum absolute atomic E-state index is 13.2. The topological polar surface area (TPSA) is 77.3 Å². The summed E-state index contributed by atoms with van der Waals surface area (Å²) in [5, 5.41) is 10.3. The lowest BCUT2D eigenvalue weighted by molar-refractivity contribution is -0.387. The third-order valence-electron chi connectivity index (χ3n) is 1.95. The summed E-state index contributed by atoms with van der Waals surface area (Å²) < 4.78 is 36.2. The number of nitro groups is 1. The molecule has 1 rings (SSSR count). The quantitative estimate of drug-likeness (QED) is 0.601. The lowest BCUT2D eigenvalue weighted by atomic mass is 10.3. The zero-order valence-corrected chi connectivity index (χ0v) is 9.33. The highest BCUT2D eigenvalue weighted by Crippen LogP contribution is 2.21. The van der Waals surface area contributed by atoms with Crippen LogP contribution in [-0.4, -0.2) is 19.1 Å². The van der Waals surface area contributed by atoms with E-state index in [1.54, 1.807) is 6.92 Å². The maximum atomic E-state index is 13.2. The van der Waals surface area contributed by atoms with Gasteiger partial charge in [-0.25, -0.2) is 8.42 Å². The first kappa shape index (κ1) is 12.6. The van der Waals surface area contributed by atoms with Gasteiger partial charge in [-0.2, -0.15) is 4.39 Å². The van der Waals surface area contributed by atoms with Gasteiger partial charge in [-0.15, -0.1) is 0 Å². The Morgan fingerprint density at radius 2 is 2.06 bits per heavy atom. The van der Waals surface area contributed by atoms with Crippen molar-refractivity contribution < 1.29 is 17.7 Å². The van der Waals surface area contributed by atoms with Gasteiger partial charge in [0.1, 0.15) is 0 Å². The average Bonchev–Trinajstić information content (AvgIpc) is 2.16. The summed E-state index contributed by atoms with van der Waals surface area (Å²) in [5.74, 6) is -1.24. The Balaban J connectivity index is 3.21. The van der Waals surface area contributed by atoms with E-state index in [1.165, 1.54) is 0 Å². The van der Waals surface area contributed by atoms with Crippen LogP contribution in [0.25, 0.3) is 0 Å². The summed E-state index contributed by atoms with van der Waals surface area (Å²) >= 11 is 0. The number of nitrogens with zero attached hydrogens (tertiary/aromatic N) is 1. The lowest BCUT2D eigenvalue weighted by Gasteiger charge is -2.02. The Morgan fingerprint density at radius 1 is 1.44 bits per heavy atom. The van der Waals surface area contributed by atoms with Crippen LogP contribution in [0, 0.1) is 15.9 Å². The normalized spacial score (nSPS) is 11.4. The fraction of sp³-hybridized carbons (Fsp3) is 0.333. The van der Waals surface area contributed by atoms with Gasteiger partial charge in [0.15, 0.2) is 9.84 Å². The van der Waals surface area contributed by atoms with Gasteiger partial charge in [0, 0.05) is 6.07 Å². The molecule has 0 aromatic heterocycles. The lowest BCUT2D eigenvalue weighted by Crippen LogP contribution is -2.06. The molecule has 7 heteroatoms. The largest absolute Gasteiger partial charge is 0.304 e. The smallest absolute Gasteiger partial charge is 0.258 e. The number of rotatable bonds is 4. The molecule has 0 bridgehead atoms. The van der Waals surface area contributed by atoms with Gasteiger partial charge < -0.3 is 0 Å². The molecule has 0 saturated carbocycles. The maximum Gasteiger partial charge on any atom is 0.304 e. The van der Waals surface area contributed by atoms with E-state index >= 15 is 0 Å². The molecule has 0 saturated heterocycles. The fourth-order valence-electron chi connectivity index (χ4n) is 1.22. The van der Waals surface area contributed by atoms with Crippen LogP contribution in [0.5, 0.6) is 0 Å². The molecule has 0 amide bonds. The molecule has 0 aliphatic carbocycles. The molecule has 0 radical (unpaired) electrons. The zero-order valence-electron chi connectivity index (χ0n) is 8.51. The molecule has 5 nitrogen and oxygen atoms in total. The molecule has 0 spiro atoms. The number of benzene rings is 1. The van der Waals surface area contributed by atoms with E-state index in [-0.39, 0.29) is 10.6 Å². The van der Waals surface area contributed by atoms with Crippen LogP contribution in [0.4, 0.5) is 10.1 Å². The second kappa shape index (κ2) is 4.56. The van der Waals surface area contributed by atoms with Crippen molar-refractivity contribution in [2.45, 2.75) is 18.2 Å². The van der Waals surface area contributed by atoms with Crippen LogP contribution in [-0.2, 0) is 9.84 Å². The number of halogens is 1. The highest BCUT2D eigenvalue weighted by Gasteiger charge is 2.19. The predicted molar refractivity (Wildman–Crippen MR) is 55.4 cm³/mol. The molecule has 0 aliphatic rings. The predicted octanol–water partition coefficient (Wildman–Crippen LogP) is 1.92. The summed E-state index contributed by atoms with van der Waals surface area (Å²) in [7, 11) is -3.54. The third kappa shape index (κ3) is 2.54. The molecular weight excluding hydrogens is 237 g/mol. The first-order valence-electron chi connectivity index (χ1n) is 4.55. The minimum absolute atomic E-state index is 0.107. The Hall–Kier alpha value is -1.50. The monoisotopic (exact) mass is 247 g/mol. The molecule has 0 atom stereocenters. The van der Waals surface area contributed by atoms with Crippen molar-refractivity contribution in [3.63, 3.8) is 0 Å². The van der Waals surface area contributed by atoms with Crippen molar-refractivity contribution in [3.8, 4) is 0 Å². The van der Waals surface area contributed by atoms with Crippen molar-refractivity contribution in [2.24, 2.45) is 0 Å². The minimum Gasteiger partial charge on any atom is -0.258 e. The van der Waals surface area contributed by atoms with Crippen molar-refractivity contribution in [1.29, 1.82) is 0 Å². The van der Waals surface area contributed by atoms with Crippen LogP contribution >= 0.6 is 0 Å². The molecule has 0 fully saturated rings. The van der Waals surface area contributed by atoms with Crippen LogP contribution in [0.2, 0.25) is 0 Å². The molecule has 0 heterocycles. The summed E-state index contributed by atoms with van der Waals surface area (Å²) in [6.45, 7) is 1.68. The standard InChI is InChI=1S/C9H10FNO4S/c1-2-5-16(14,15)7-3-4-9(11(12)13)8(10)6-7/h3-4,6H,2,5H2,1H3. The molecule has 1 aromatic rings. The Bertz CT molecular complexity index is 512. The second-order valence-electron chi connectivity index (χ2n) is 3.19. The fourth-order valence-corrected chi connectivity index (χ4v) is 2.55. The molecule has 16 heavy (non-hydrogen) atoms. The summed E-state index contributed by atoms with van der Waals surface area (Å²) in [5.41, 5.74) is -0.726. The third-order valence-corrected chi connectivity index (χ3v) is 3.87. The Morgan fingerprint density at radius 3 is 2.50 bits per heavy atom. The molecule has 0 N–H and O–H groups in total. The van der Waals surface area contributed by atoms with E-state index < -0.39 is 26.3 Å². The van der Waals surface area contributed by atoms with Gasteiger partial charge in [0.2, 0.25) is 5.82 Å². The van der Waals surface area contributed by atoms with Gasteiger partial charge in [0.25, 0.3) is 0 Å². The van der Waals surface area contributed by atoms with E-state index in [0.717, 1.165) is 12.1 Å². The molecular formula is C9H10FNO4S. The number of hydrogen-bond acceptors (Lipinski definition) is 4.